The van der Waals surface area contributed by atoms with Gasteiger partial charge in [0.15, 0.2) is 5.16 Å². The van der Waals surface area contributed by atoms with E-state index in [0.717, 1.165) is 11.3 Å². The second-order valence-corrected chi connectivity index (χ2v) is 5.59. The SMILES string of the molecule is CCOc1ccccc1CSc1nc(CC(=O)OC)cc(=O)[nH]1. The molecule has 0 bridgehead atoms. The van der Waals surface area contributed by atoms with Gasteiger partial charge >= 0.3 is 5.97 Å². The molecule has 0 aliphatic carbocycles. The zero-order valence-electron chi connectivity index (χ0n) is 13.0. The smallest absolute Gasteiger partial charge is 0.311 e. The largest absolute Gasteiger partial charge is 0.494 e. The fourth-order valence-electron chi connectivity index (χ4n) is 1.93. The molecule has 1 heterocycles. The zero-order valence-corrected chi connectivity index (χ0v) is 13.8. The number of nitrogens with zero attached hydrogens (tertiary/aromatic N) is 1. The standard InChI is InChI=1S/C16H18N2O4S/c1-3-22-13-7-5-4-6-11(13)10-23-16-17-12(8-14(19)18-16)9-15(20)21-2/h4-8H,3,9-10H2,1-2H3,(H,17,18,19). The molecule has 23 heavy (non-hydrogen) atoms. The number of ether oxygens (including phenoxy) is 2. The third-order valence-electron chi connectivity index (χ3n) is 2.96. The molecule has 0 aliphatic heterocycles. The monoisotopic (exact) mass is 334 g/mol. The highest BCUT2D eigenvalue weighted by atomic mass is 32.2. The summed E-state index contributed by atoms with van der Waals surface area (Å²) in [5.41, 5.74) is 1.11. The van der Waals surface area contributed by atoms with Crippen molar-refractivity contribution in [2.24, 2.45) is 0 Å². The number of carbonyl (C=O) groups is 1. The number of thioether (sulfide) groups is 1. The summed E-state index contributed by atoms with van der Waals surface area (Å²) in [6.45, 7) is 2.52. The first-order valence-corrected chi connectivity index (χ1v) is 8.11. The number of methoxy groups -OCH3 is 1. The van der Waals surface area contributed by atoms with E-state index in [4.69, 9.17) is 4.74 Å². The van der Waals surface area contributed by atoms with Gasteiger partial charge in [0.05, 0.1) is 25.8 Å². The van der Waals surface area contributed by atoms with Gasteiger partial charge in [0, 0.05) is 17.4 Å². The summed E-state index contributed by atoms with van der Waals surface area (Å²) in [5, 5.41) is 0.461. The second kappa shape index (κ2) is 8.38. The van der Waals surface area contributed by atoms with Crippen molar-refractivity contribution in [1.29, 1.82) is 0 Å². The molecule has 0 unspecified atom stereocenters. The lowest BCUT2D eigenvalue weighted by Gasteiger charge is -2.09. The van der Waals surface area contributed by atoms with Gasteiger partial charge in [0.1, 0.15) is 5.75 Å². The van der Waals surface area contributed by atoms with Crippen molar-refractivity contribution in [3.8, 4) is 5.75 Å². The number of benzene rings is 1. The highest BCUT2D eigenvalue weighted by Gasteiger charge is 2.09. The Labute approximate surface area is 138 Å². The van der Waals surface area contributed by atoms with Gasteiger partial charge in [-0.2, -0.15) is 0 Å². The molecule has 7 heteroatoms. The predicted octanol–water partition coefficient (Wildman–Crippen LogP) is 2.18. The number of carbonyl (C=O) groups excluding carboxylic acids is 1. The minimum Gasteiger partial charge on any atom is -0.494 e. The normalized spacial score (nSPS) is 10.3. The molecule has 122 valence electrons. The predicted molar refractivity (Wildman–Crippen MR) is 87.7 cm³/mol. The molecule has 2 aromatic rings. The highest BCUT2D eigenvalue weighted by Crippen LogP contribution is 2.25. The third kappa shape index (κ3) is 5.14. The molecule has 0 aliphatic rings. The van der Waals surface area contributed by atoms with E-state index in [0.29, 0.717) is 23.2 Å². The van der Waals surface area contributed by atoms with Crippen LogP contribution < -0.4 is 10.3 Å². The Hall–Kier alpha value is -2.28. The van der Waals surface area contributed by atoms with Crippen molar-refractivity contribution < 1.29 is 14.3 Å². The Morgan fingerprint density at radius 2 is 2.13 bits per heavy atom. The molecule has 2 rings (SSSR count). The summed E-state index contributed by atoms with van der Waals surface area (Å²) in [6.07, 6.45) is -0.0243. The summed E-state index contributed by atoms with van der Waals surface area (Å²) < 4.78 is 10.2. The van der Waals surface area contributed by atoms with Crippen molar-refractivity contribution in [2.75, 3.05) is 13.7 Å². The van der Waals surface area contributed by atoms with Crippen molar-refractivity contribution in [2.45, 2.75) is 24.3 Å². The summed E-state index contributed by atoms with van der Waals surface area (Å²) in [5.74, 6) is 0.983. The van der Waals surface area contributed by atoms with Crippen molar-refractivity contribution in [3.05, 3.63) is 51.9 Å². The molecule has 0 spiro atoms. The fraction of sp³-hybridized carbons (Fsp3) is 0.312. The Morgan fingerprint density at radius 3 is 2.87 bits per heavy atom. The second-order valence-electron chi connectivity index (χ2n) is 4.62. The van der Waals surface area contributed by atoms with E-state index in [2.05, 4.69) is 14.7 Å². The Bertz CT molecular complexity index is 730. The number of esters is 1. The molecule has 0 fully saturated rings. The molecule has 0 atom stereocenters. The maximum absolute atomic E-state index is 11.7. The average Bonchev–Trinajstić information content (AvgIpc) is 2.53. The van der Waals surface area contributed by atoms with E-state index in [1.165, 1.54) is 24.9 Å². The van der Waals surface area contributed by atoms with Gasteiger partial charge in [-0.1, -0.05) is 30.0 Å². The van der Waals surface area contributed by atoms with Crippen LogP contribution in [-0.2, 0) is 21.7 Å². The minimum absolute atomic E-state index is 0.0243. The highest BCUT2D eigenvalue weighted by molar-refractivity contribution is 7.98. The molecular weight excluding hydrogens is 316 g/mol. The molecular formula is C16H18N2O4S. The summed E-state index contributed by atoms with van der Waals surface area (Å²) in [4.78, 5) is 29.9. The zero-order chi connectivity index (χ0) is 16.7. The Balaban J connectivity index is 2.11. The van der Waals surface area contributed by atoms with Gasteiger partial charge in [-0.3, -0.25) is 9.59 Å². The first-order chi connectivity index (χ1) is 11.1. The van der Waals surface area contributed by atoms with Gasteiger partial charge in [-0.05, 0) is 13.0 Å². The molecule has 6 nitrogen and oxygen atoms in total. The van der Waals surface area contributed by atoms with Crippen molar-refractivity contribution in [3.63, 3.8) is 0 Å². The van der Waals surface area contributed by atoms with E-state index in [1.807, 2.05) is 31.2 Å². The molecule has 0 saturated heterocycles. The number of H-pyrrole nitrogens is 1. The van der Waals surface area contributed by atoms with Gasteiger partial charge in [-0.25, -0.2) is 4.98 Å². The molecule has 0 amide bonds. The van der Waals surface area contributed by atoms with E-state index in [9.17, 15) is 9.59 Å². The van der Waals surface area contributed by atoms with E-state index >= 15 is 0 Å². The van der Waals surface area contributed by atoms with Crippen LogP contribution in [-0.4, -0.2) is 29.7 Å². The lowest BCUT2D eigenvalue weighted by Crippen LogP contribution is -2.13. The maximum atomic E-state index is 11.7. The van der Waals surface area contributed by atoms with Crippen LogP contribution in [0.4, 0.5) is 0 Å². The lowest BCUT2D eigenvalue weighted by molar-refractivity contribution is -0.139. The van der Waals surface area contributed by atoms with Gasteiger partial charge in [0.25, 0.3) is 5.56 Å². The Morgan fingerprint density at radius 1 is 1.35 bits per heavy atom. The van der Waals surface area contributed by atoms with Crippen LogP contribution in [0.25, 0.3) is 0 Å². The van der Waals surface area contributed by atoms with Crippen molar-refractivity contribution >= 4 is 17.7 Å². The third-order valence-corrected chi connectivity index (χ3v) is 3.89. The molecule has 0 saturated carbocycles. The lowest BCUT2D eigenvalue weighted by atomic mass is 10.2. The van der Waals surface area contributed by atoms with Crippen LogP contribution >= 0.6 is 11.8 Å². The van der Waals surface area contributed by atoms with Crippen LogP contribution in [0, 0.1) is 0 Å². The van der Waals surface area contributed by atoms with Crippen molar-refractivity contribution in [1.82, 2.24) is 9.97 Å². The molecule has 1 aromatic heterocycles. The summed E-state index contributed by atoms with van der Waals surface area (Å²) >= 11 is 1.38. The van der Waals surface area contributed by atoms with Crippen LogP contribution in [0.15, 0.2) is 40.3 Å². The van der Waals surface area contributed by atoms with Crippen LogP contribution in [0.5, 0.6) is 5.75 Å². The molecule has 1 aromatic carbocycles. The maximum Gasteiger partial charge on any atom is 0.311 e. The minimum atomic E-state index is -0.430. The summed E-state index contributed by atoms with van der Waals surface area (Å²) in [7, 11) is 1.30. The van der Waals surface area contributed by atoms with E-state index in [1.54, 1.807) is 0 Å². The van der Waals surface area contributed by atoms with Gasteiger partial charge < -0.3 is 14.5 Å². The van der Waals surface area contributed by atoms with E-state index < -0.39 is 5.97 Å². The number of para-hydroxylation sites is 1. The number of nitrogens with one attached hydrogen (secondary N) is 1. The Kier molecular flexibility index (Phi) is 6.22. The number of hydrogen-bond donors (Lipinski definition) is 1. The first-order valence-electron chi connectivity index (χ1n) is 7.13. The summed E-state index contributed by atoms with van der Waals surface area (Å²) in [6, 6.07) is 9.02. The average molecular weight is 334 g/mol. The fourth-order valence-corrected chi connectivity index (χ4v) is 2.81. The van der Waals surface area contributed by atoms with Crippen LogP contribution in [0.1, 0.15) is 18.2 Å². The van der Waals surface area contributed by atoms with Gasteiger partial charge in [0.2, 0.25) is 0 Å². The number of aromatic nitrogens is 2. The van der Waals surface area contributed by atoms with E-state index in [-0.39, 0.29) is 12.0 Å². The first kappa shape index (κ1) is 17.1. The number of hydrogen-bond acceptors (Lipinski definition) is 6. The van der Waals surface area contributed by atoms with Crippen LogP contribution in [0.3, 0.4) is 0 Å². The molecule has 0 radical (unpaired) electrons. The topological polar surface area (TPSA) is 81.3 Å². The molecule has 1 N–H and O–H groups in total. The number of rotatable bonds is 7. The number of aromatic amines is 1. The van der Waals surface area contributed by atoms with Crippen LogP contribution in [0.2, 0.25) is 0 Å². The quantitative estimate of drug-likeness (QED) is 0.475. The van der Waals surface area contributed by atoms with Gasteiger partial charge in [-0.15, -0.1) is 0 Å².